The standard InChI is InChI=1S/C13H10Cl2N4/c14-9-4-10(15)13-18-12(8-2-1-3-17-6-8)11(5-16)19(13)7-9/h1-4,6-7H,5,16H2. The third-order valence-corrected chi connectivity index (χ3v) is 3.35. The summed E-state index contributed by atoms with van der Waals surface area (Å²) in [5.74, 6) is 0. The minimum absolute atomic E-state index is 0.335. The fourth-order valence-corrected chi connectivity index (χ4v) is 2.56. The molecule has 0 saturated heterocycles. The number of imidazole rings is 1. The maximum atomic E-state index is 6.17. The van der Waals surface area contributed by atoms with E-state index in [2.05, 4.69) is 9.97 Å². The van der Waals surface area contributed by atoms with E-state index in [0.717, 1.165) is 17.0 Å². The van der Waals surface area contributed by atoms with Crippen LogP contribution >= 0.6 is 23.2 Å². The van der Waals surface area contributed by atoms with Crippen LogP contribution in [0.2, 0.25) is 10.0 Å². The summed E-state index contributed by atoms with van der Waals surface area (Å²) in [6.07, 6.45) is 5.22. The monoisotopic (exact) mass is 292 g/mol. The fourth-order valence-electron chi connectivity index (χ4n) is 2.05. The Balaban J connectivity index is 2.35. The third-order valence-electron chi connectivity index (χ3n) is 2.87. The highest BCUT2D eigenvalue weighted by Gasteiger charge is 2.15. The molecule has 3 heterocycles. The molecule has 3 rings (SSSR count). The predicted octanol–water partition coefficient (Wildman–Crippen LogP) is 3.16. The Morgan fingerprint density at radius 3 is 2.84 bits per heavy atom. The predicted molar refractivity (Wildman–Crippen MR) is 76.3 cm³/mol. The molecule has 0 aliphatic rings. The Morgan fingerprint density at radius 2 is 2.16 bits per heavy atom. The van der Waals surface area contributed by atoms with Gasteiger partial charge in [-0.1, -0.05) is 23.2 Å². The number of hydrogen-bond acceptors (Lipinski definition) is 3. The van der Waals surface area contributed by atoms with Crippen LogP contribution in [0.4, 0.5) is 0 Å². The summed E-state index contributed by atoms with van der Waals surface area (Å²) in [6.45, 7) is 0.335. The van der Waals surface area contributed by atoms with Crippen molar-refractivity contribution < 1.29 is 0 Å². The molecule has 0 saturated carbocycles. The second kappa shape index (κ2) is 4.81. The summed E-state index contributed by atoms with van der Waals surface area (Å²) < 4.78 is 1.83. The molecule has 0 atom stereocenters. The van der Waals surface area contributed by atoms with Crippen LogP contribution in [0.1, 0.15) is 5.69 Å². The van der Waals surface area contributed by atoms with Crippen molar-refractivity contribution in [3.63, 3.8) is 0 Å². The number of halogens is 2. The van der Waals surface area contributed by atoms with Crippen LogP contribution in [0.3, 0.4) is 0 Å². The minimum atomic E-state index is 0.335. The van der Waals surface area contributed by atoms with Crippen molar-refractivity contribution in [1.82, 2.24) is 14.4 Å². The number of rotatable bonds is 2. The molecule has 3 aromatic heterocycles. The number of pyridine rings is 2. The summed E-state index contributed by atoms with van der Waals surface area (Å²) in [5.41, 5.74) is 9.01. The lowest BCUT2D eigenvalue weighted by molar-refractivity contribution is 0.962. The highest BCUT2D eigenvalue weighted by atomic mass is 35.5. The number of nitrogens with zero attached hydrogens (tertiary/aromatic N) is 3. The number of nitrogens with two attached hydrogens (primary N) is 1. The van der Waals surface area contributed by atoms with Gasteiger partial charge in [0, 0.05) is 30.7 Å². The molecule has 96 valence electrons. The average molecular weight is 293 g/mol. The van der Waals surface area contributed by atoms with Crippen LogP contribution in [-0.4, -0.2) is 14.4 Å². The first-order valence-electron chi connectivity index (χ1n) is 5.67. The summed E-state index contributed by atoms with van der Waals surface area (Å²) in [4.78, 5) is 8.64. The zero-order valence-corrected chi connectivity index (χ0v) is 11.4. The molecular weight excluding hydrogens is 283 g/mol. The normalized spacial score (nSPS) is 11.1. The van der Waals surface area contributed by atoms with Gasteiger partial charge >= 0.3 is 0 Å². The lowest BCUT2D eigenvalue weighted by Gasteiger charge is -2.02. The molecule has 2 N–H and O–H groups in total. The Bertz CT molecular complexity index is 737. The first kappa shape index (κ1) is 12.4. The van der Waals surface area contributed by atoms with Gasteiger partial charge in [0.25, 0.3) is 0 Å². The third kappa shape index (κ3) is 2.08. The molecule has 0 radical (unpaired) electrons. The molecule has 0 unspecified atom stereocenters. The van der Waals surface area contributed by atoms with Gasteiger partial charge in [0.2, 0.25) is 0 Å². The quantitative estimate of drug-likeness (QED) is 0.789. The first-order valence-corrected chi connectivity index (χ1v) is 6.42. The van der Waals surface area contributed by atoms with Gasteiger partial charge < -0.3 is 5.73 Å². The molecule has 0 bridgehead atoms. The van der Waals surface area contributed by atoms with Gasteiger partial charge in [0.05, 0.1) is 21.4 Å². The van der Waals surface area contributed by atoms with Gasteiger partial charge in [-0.2, -0.15) is 0 Å². The Labute approximate surface area is 119 Å². The molecule has 0 aliphatic carbocycles. The van der Waals surface area contributed by atoms with Crippen molar-refractivity contribution in [2.24, 2.45) is 5.73 Å². The van der Waals surface area contributed by atoms with Gasteiger partial charge in [-0.25, -0.2) is 4.98 Å². The first-order chi connectivity index (χ1) is 9.20. The van der Waals surface area contributed by atoms with Crippen molar-refractivity contribution in [2.75, 3.05) is 0 Å². The van der Waals surface area contributed by atoms with E-state index >= 15 is 0 Å². The lowest BCUT2D eigenvalue weighted by Crippen LogP contribution is -2.02. The number of aromatic nitrogens is 3. The van der Waals surface area contributed by atoms with Crippen LogP contribution in [0.15, 0.2) is 36.8 Å². The number of hydrogen-bond donors (Lipinski definition) is 1. The van der Waals surface area contributed by atoms with Gasteiger partial charge in [-0.15, -0.1) is 0 Å². The topological polar surface area (TPSA) is 56.2 Å². The van der Waals surface area contributed by atoms with Gasteiger partial charge in [0.1, 0.15) is 0 Å². The minimum Gasteiger partial charge on any atom is -0.325 e. The SMILES string of the molecule is NCc1c(-c2cccnc2)nc2c(Cl)cc(Cl)cn12. The van der Waals surface area contributed by atoms with Crippen LogP contribution in [-0.2, 0) is 6.54 Å². The lowest BCUT2D eigenvalue weighted by atomic mass is 10.2. The van der Waals surface area contributed by atoms with Crippen LogP contribution in [0, 0.1) is 0 Å². The summed E-state index contributed by atoms with van der Waals surface area (Å²) >= 11 is 12.2. The smallest absolute Gasteiger partial charge is 0.156 e. The van der Waals surface area contributed by atoms with E-state index in [1.807, 2.05) is 16.5 Å². The van der Waals surface area contributed by atoms with Gasteiger partial charge in [-0.3, -0.25) is 9.38 Å². The van der Waals surface area contributed by atoms with Crippen molar-refractivity contribution in [3.8, 4) is 11.3 Å². The van der Waals surface area contributed by atoms with Crippen molar-refractivity contribution >= 4 is 28.8 Å². The van der Waals surface area contributed by atoms with Crippen molar-refractivity contribution in [1.29, 1.82) is 0 Å². The molecule has 0 amide bonds. The second-order valence-electron chi connectivity index (χ2n) is 4.05. The maximum Gasteiger partial charge on any atom is 0.156 e. The summed E-state index contributed by atoms with van der Waals surface area (Å²) in [7, 11) is 0. The van der Waals surface area contributed by atoms with E-state index < -0.39 is 0 Å². The Kier molecular flexibility index (Phi) is 3.14. The largest absolute Gasteiger partial charge is 0.325 e. The zero-order valence-electron chi connectivity index (χ0n) is 9.85. The van der Waals surface area contributed by atoms with Gasteiger partial charge in [0.15, 0.2) is 5.65 Å². The fraction of sp³-hybridized carbons (Fsp3) is 0.0769. The van der Waals surface area contributed by atoms with Crippen molar-refractivity contribution in [3.05, 3.63) is 52.5 Å². The van der Waals surface area contributed by atoms with E-state index in [0.29, 0.717) is 22.2 Å². The molecule has 4 nitrogen and oxygen atoms in total. The van der Waals surface area contributed by atoms with Gasteiger partial charge in [-0.05, 0) is 18.2 Å². The second-order valence-corrected chi connectivity index (χ2v) is 4.90. The van der Waals surface area contributed by atoms with E-state index in [-0.39, 0.29) is 0 Å². The highest BCUT2D eigenvalue weighted by Crippen LogP contribution is 2.29. The van der Waals surface area contributed by atoms with Crippen LogP contribution in [0.25, 0.3) is 16.9 Å². The zero-order chi connectivity index (χ0) is 13.4. The van der Waals surface area contributed by atoms with E-state index in [1.54, 1.807) is 24.7 Å². The maximum absolute atomic E-state index is 6.17. The molecular formula is C13H10Cl2N4. The molecule has 0 aliphatic heterocycles. The van der Waals surface area contributed by atoms with Crippen LogP contribution < -0.4 is 5.73 Å². The Hall–Kier alpha value is -1.62. The summed E-state index contributed by atoms with van der Waals surface area (Å²) in [6, 6.07) is 5.45. The molecule has 0 fully saturated rings. The molecule has 6 heteroatoms. The Morgan fingerprint density at radius 1 is 1.32 bits per heavy atom. The van der Waals surface area contributed by atoms with E-state index in [4.69, 9.17) is 28.9 Å². The van der Waals surface area contributed by atoms with E-state index in [1.165, 1.54) is 0 Å². The average Bonchev–Trinajstić information content (AvgIpc) is 2.78. The highest BCUT2D eigenvalue weighted by molar-refractivity contribution is 6.36. The molecule has 3 aromatic rings. The molecule has 19 heavy (non-hydrogen) atoms. The van der Waals surface area contributed by atoms with Crippen molar-refractivity contribution in [2.45, 2.75) is 6.54 Å². The number of fused-ring (bicyclic) bond motifs is 1. The molecule has 0 spiro atoms. The van der Waals surface area contributed by atoms with Crippen LogP contribution in [0.5, 0.6) is 0 Å². The van der Waals surface area contributed by atoms with E-state index in [9.17, 15) is 0 Å². The molecule has 0 aromatic carbocycles. The summed E-state index contributed by atoms with van der Waals surface area (Å²) in [5, 5.41) is 1.04.